The number of nitriles is 1. The number of hydrogen-bond donors (Lipinski definition) is 1. The summed E-state index contributed by atoms with van der Waals surface area (Å²) in [5.74, 6) is 0.418. The minimum Gasteiger partial charge on any atom is -0.312 e. The summed E-state index contributed by atoms with van der Waals surface area (Å²) in [6.07, 6.45) is 5.36. The van der Waals surface area contributed by atoms with Crippen LogP contribution in [0.25, 0.3) is 0 Å². The molecule has 1 fully saturated rings. The van der Waals surface area contributed by atoms with Gasteiger partial charge in [0.25, 0.3) is 0 Å². The summed E-state index contributed by atoms with van der Waals surface area (Å²) in [6, 6.07) is 2.52. The van der Waals surface area contributed by atoms with E-state index in [0.717, 1.165) is 25.7 Å². The monoisotopic (exact) mass is 258 g/mol. The number of nitrogens with one attached hydrogen (secondary N) is 1. The third-order valence-corrected chi connectivity index (χ3v) is 5.15. The molecular weight excluding hydrogens is 236 g/mol. The van der Waals surface area contributed by atoms with E-state index in [-0.39, 0.29) is 23.5 Å². The van der Waals surface area contributed by atoms with E-state index in [0.29, 0.717) is 6.54 Å². The molecule has 2 atom stereocenters. The largest absolute Gasteiger partial charge is 0.312 e. The summed E-state index contributed by atoms with van der Waals surface area (Å²) in [5.41, 5.74) is 0. The molecule has 0 amide bonds. The Kier molecular flexibility index (Phi) is 5.93. The highest BCUT2D eigenvalue weighted by Crippen LogP contribution is 2.22. The second-order valence-corrected chi connectivity index (χ2v) is 7.14. The second kappa shape index (κ2) is 6.97. The van der Waals surface area contributed by atoms with Crippen molar-refractivity contribution in [2.75, 3.05) is 18.1 Å². The Morgan fingerprint density at radius 2 is 2.00 bits per heavy atom. The van der Waals surface area contributed by atoms with E-state index in [2.05, 4.69) is 11.4 Å². The maximum atomic E-state index is 11.4. The first kappa shape index (κ1) is 14.5. The molecule has 1 rings (SSSR count). The molecule has 1 saturated carbocycles. The van der Waals surface area contributed by atoms with Crippen molar-refractivity contribution in [3.8, 4) is 6.07 Å². The van der Waals surface area contributed by atoms with Crippen LogP contribution < -0.4 is 5.32 Å². The molecule has 1 N–H and O–H groups in total. The molecule has 4 nitrogen and oxygen atoms in total. The predicted octanol–water partition coefficient (Wildman–Crippen LogP) is 1.48. The zero-order valence-electron chi connectivity index (χ0n) is 10.5. The lowest BCUT2D eigenvalue weighted by Gasteiger charge is -2.20. The number of nitrogens with zero attached hydrogens (tertiary/aromatic N) is 1. The fraction of sp³-hybridized carbons (Fsp3) is 0.917. The summed E-state index contributed by atoms with van der Waals surface area (Å²) in [7, 11) is -2.90. The lowest BCUT2D eigenvalue weighted by Crippen LogP contribution is -2.38. The summed E-state index contributed by atoms with van der Waals surface area (Å²) < 4.78 is 22.7. The fourth-order valence-electron chi connectivity index (χ4n) is 2.25. The highest BCUT2D eigenvalue weighted by Gasteiger charge is 2.23. The summed E-state index contributed by atoms with van der Waals surface area (Å²) in [4.78, 5) is 0. The third-order valence-electron chi connectivity index (χ3n) is 3.44. The van der Waals surface area contributed by atoms with Crippen LogP contribution in [-0.2, 0) is 9.84 Å². The normalized spacial score (nSPS) is 26.1. The van der Waals surface area contributed by atoms with E-state index >= 15 is 0 Å². The van der Waals surface area contributed by atoms with Crippen LogP contribution in [0.5, 0.6) is 0 Å². The molecular formula is C12H22N2O2S. The van der Waals surface area contributed by atoms with Gasteiger partial charge in [0.2, 0.25) is 0 Å². The maximum Gasteiger partial charge on any atom is 0.151 e. The second-order valence-electron chi connectivity index (χ2n) is 4.67. The average Bonchev–Trinajstić information content (AvgIpc) is 2.54. The molecule has 0 aromatic rings. The molecule has 1 aliphatic carbocycles. The van der Waals surface area contributed by atoms with Crippen LogP contribution in [0.1, 0.15) is 39.0 Å². The zero-order chi connectivity index (χ0) is 12.7. The molecule has 0 aromatic heterocycles. The Labute approximate surface area is 104 Å². The molecule has 5 heteroatoms. The molecule has 0 spiro atoms. The van der Waals surface area contributed by atoms with Gasteiger partial charge in [0.1, 0.15) is 0 Å². The minimum absolute atomic E-state index is 0.0434. The molecule has 2 unspecified atom stereocenters. The minimum atomic E-state index is -2.90. The maximum absolute atomic E-state index is 11.4. The summed E-state index contributed by atoms with van der Waals surface area (Å²) in [5, 5.41) is 12.3. The quantitative estimate of drug-likeness (QED) is 0.758. The van der Waals surface area contributed by atoms with Crippen LogP contribution in [0.15, 0.2) is 0 Å². The van der Waals surface area contributed by atoms with E-state index in [1.54, 1.807) is 6.92 Å². The van der Waals surface area contributed by atoms with Crippen molar-refractivity contribution < 1.29 is 8.42 Å². The van der Waals surface area contributed by atoms with Gasteiger partial charge < -0.3 is 5.32 Å². The van der Waals surface area contributed by atoms with Crippen LogP contribution in [0.2, 0.25) is 0 Å². The first-order valence-corrected chi connectivity index (χ1v) is 8.24. The highest BCUT2D eigenvalue weighted by molar-refractivity contribution is 7.91. The smallest absolute Gasteiger partial charge is 0.151 e. The first-order chi connectivity index (χ1) is 8.09. The van der Waals surface area contributed by atoms with Gasteiger partial charge in [-0.15, -0.1) is 0 Å². The van der Waals surface area contributed by atoms with Gasteiger partial charge in [0.15, 0.2) is 9.84 Å². The Bertz CT molecular complexity index is 359. The third kappa shape index (κ3) is 5.05. The van der Waals surface area contributed by atoms with Crippen molar-refractivity contribution in [1.29, 1.82) is 5.26 Å². The van der Waals surface area contributed by atoms with Gasteiger partial charge in [-0.2, -0.15) is 5.26 Å². The van der Waals surface area contributed by atoms with Gasteiger partial charge in [0, 0.05) is 18.3 Å². The fourth-order valence-corrected chi connectivity index (χ4v) is 2.97. The lowest BCUT2D eigenvalue weighted by atomic mass is 9.96. The van der Waals surface area contributed by atoms with Gasteiger partial charge in [-0.25, -0.2) is 8.42 Å². The van der Waals surface area contributed by atoms with E-state index in [1.165, 1.54) is 6.42 Å². The SMILES string of the molecule is CCS(=O)(=O)CCNC1CCCCCC1C#N. The lowest BCUT2D eigenvalue weighted by molar-refractivity contribution is 0.403. The first-order valence-electron chi connectivity index (χ1n) is 6.42. The Hall–Kier alpha value is -0.600. The van der Waals surface area contributed by atoms with Crippen molar-refractivity contribution in [3.05, 3.63) is 0 Å². The van der Waals surface area contributed by atoms with Gasteiger partial charge >= 0.3 is 0 Å². The molecule has 98 valence electrons. The van der Waals surface area contributed by atoms with E-state index in [4.69, 9.17) is 5.26 Å². The van der Waals surface area contributed by atoms with Crippen LogP contribution in [0.3, 0.4) is 0 Å². The number of rotatable bonds is 5. The van der Waals surface area contributed by atoms with Crippen LogP contribution >= 0.6 is 0 Å². The van der Waals surface area contributed by atoms with Crippen molar-refractivity contribution in [2.45, 2.75) is 45.1 Å². The van der Waals surface area contributed by atoms with Crippen molar-refractivity contribution in [2.24, 2.45) is 5.92 Å². The molecule has 0 bridgehead atoms. The van der Waals surface area contributed by atoms with Crippen molar-refractivity contribution in [3.63, 3.8) is 0 Å². The van der Waals surface area contributed by atoms with Crippen LogP contribution in [0, 0.1) is 17.2 Å². The molecule has 17 heavy (non-hydrogen) atoms. The molecule has 0 aromatic carbocycles. The molecule has 0 saturated heterocycles. The molecule has 0 radical (unpaired) electrons. The van der Waals surface area contributed by atoms with Gasteiger partial charge in [-0.05, 0) is 12.8 Å². The van der Waals surface area contributed by atoms with E-state index in [1.807, 2.05) is 0 Å². The van der Waals surface area contributed by atoms with Crippen LogP contribution in [0.4, 0.5) is 0 Å². The van der Waals surface area contributed by atoms with Gasteiger partial charge in [-0.3, -0.25) is 0 Å². The Morgan fingerprint density at radius 1 is 1.29 bits per heavy atom. The van der Waals surface area contributed by atoms with Gasteiger partial charge in [0.05, 0.1) is 17.7 Å². The van der Waals surface area contributed by atoms with E-state index < -0.39 is 9.84 Å². The standard InChI is InChI=1S/C12H22N2O2S/c1-2-17(15,16)9-8-14-12-7-5-3-4-6-11(12)10-13/h11-12,14H,2-9H2,1H3. The summed E-state index contributed by atoms with van der Waals surface area (Å²) in [6.45, 7) is 2.14. The Morgan fingerprint density at radius 3 is 2.65 bits per heavy atom. The highest BCUT2D eigenvalue weighted by atomic mass is 32.2. The number of sulfone groups is 1. The molecule has 0 heterocycles. The Balaban J connectivity index is 2.41. The molecule has 1 aliphatic rings. The topological polar surface area (TPSA) is 70.0 Å². The number of hydrogen-bond acceptors (Lipinski definition) is 4. The zero-order valence-corrected chi connectivity index (χ0v) is 11.3. The summed E-state index contributed by atoms with van der Waals surface area (Å²) >= 11 is 0. The molecule has 0 aliphatic heterocycles. The van der Waals surface area contributed by atoms with E-state index in [9.17, 15) is 8.42 Å². The average molecular weight is 258 g/mol. The van der Waals surface area contributed by atoms with Crippen molar-refractivity contribution in [1.82, 2.24) is 5.32 Å². The van der Waals surface area contributed by atoms with Crippen LogP contribution in [-0.4, -0.2) is 32.5 Å². The predicted molar refractivity (Wildman–Crippen MR) is 68.3 cm³/mol. The van der Waals surface area contributed by atoms with Gasteiger partial charge in [-0.1, -0.05) is 26.2 Å². The van der Waals surface area contributed by atoms with Crippen molar-refractivity contribution >= 4 is 9.84 Å².